The third kappa shape index (κ3) is 8.47. The van der Waals surface area contributed by atoms with Gasteiger partial charge in [-0.1, -0.05) is 146 Å². The lowest BCUT2D eigenvalue weighted by Gasteiger charge is -2.65. The molecule has 9 bridgehead atoms. The highest BCUT2D eigenvalue weighted by Gasteiger charge is 2.57. The first-order valence-electron chi connectivity index (χ1n) is 27.3. The number of hydrogen-bond donors (Lipinski definition) is 18. The first-order chi connectivity index (χ1) is 38.6. The Kier molecular flexibility index (Phi) is 12.2. The van der Waals surface area contributed by atoms with Crippen LogP contribution in [0.5, 0.6) is 0 Å². The van der Waals surface area contributed by atoms with Crippen LogP contribution in [0.2, 0.25) is 0 Å². The third-order valence-electron chi connectivity index (χ3n) is 16.7. The third-order valence-corrected chi connectivity index (χ3v) is 16.7. The van der Waals surface area contributed by atoms with Crippen LogP contribution in [-0.4, -0.2) is 109 Å². The second-order valence-corrected chi connectivity index (χ2v) is 21.1. The van der Waals surface area contributed by atoms with E-state index in [2.05, 4.69) is 307 Å². The molecule has 0 spiro atoms. The van der Waals surface area contributed by atoms with Crippen LogP contribution >= 0.6 is 0 Å². The van der Waals surface area contributed by atoms with E-state index in [-0.39, 0.29) is 75.1 Å². The minimum Gasteiger partial charge on any atom is -0.315 e. The molecule has 10 saturated heterocycles. The molecular formula is C54H66N24. The summed E-state index contributed by atoms with van der Waals surface area (Å²) in [6, 6.07) is 63.8. The van der Waals surface area contributed by atoms with Crippen LogP contribution in [0.15, 0.2) is 182 Å². The van der Waals surface area contributed by atoms with Gasteiger partial charge in [0.25, 0.3) is 0 Å². The molecule has 10 aliphatic rings. The predicted octanol–water partition coefficient (Wildman–Crippen LogP) is -1.49. The normalized spacial score (nSPS) is 38.4. The summed E-state index contributed by atoms with van der Waals surface area (Å²) in [6.07, 6.45) is -6.47. The molecule has 0 aromatic heterocycles. The summed E-state index contributed by atoms with van der Waals surface area (Å²) in [4.78, 5) is 14.3. The highest BCUT2D eigenvalue weighted by atomic mass is 15.8. The maximum atomic E-state index is 4.11. The molecule has 10 fully saturated rings. The maximum Gasteiger partial charge on any atom is 0.141 e. The number of rotatable bonds is 6. The van der Waals surface area contributed by atoms with E-state index in [1.165, 1.54) is 0 Å². The number of fused-ring (bicyclic) bond motifs is 6. The smallest absolute Gasteiger partial charge is 0.141 e. The second-order valence-electron chi connectivity index (χ2n) is 21.1. The summed E-state index contributed by atoms with van der Waals surface area (Å²) in [5, 5.41) is 73.0. The molecule has 24 nitrogen and oxygen atoms in total. The first-order valence-corrected chi connectivity index (χ1v) is 27.3. The zero-order chi connectivity index (χ0) is 51.3. The molecule has 78 heavy (non-hydrogen) atoms. The fraction of sp³-hybridized carbons (Fsp3) is 0.333. The quantitative estimate of drug-likeness (QED) is 0.0911. The van der Waals surface area contributed by atoms with Gasteiger partial charge in [-0.05, 0) is 53.1 Å². The molecule has 16 rings (SSSR count). The van der Waals surface area contributed by atoms with Gasteiger partial charge in [0.2, 0.25) is 0 Å². The van der Waals surface area contributed by atoms with Crippen LogP contribution in [0.3, 0.4) is 0 Å². The van der Waals surface area contributed by atoms with Crippen LogP contribution < -0.4 is 110 Å². The zero-order valence-electron chi connectivity index (χ0n) is 42.4. The Bertz CT molecular complexity index is 2600. The van der Waals surface area contributed by atoms with Crippen molar-refractivity contribution in [1.82, 2.24) is 110 Å². The van der Waals surface area contributed by atoms with Crippen LogP contribution in [0.25, 0.3) is 0 Å². The predicted molar refractivity (Wildman–Crippen MR) is 293 cm³/mol. The van der Waals surface area contributed by atoms with Crippen molar-refractivity contribution >= 4 is 17.1 Å². The van der Waals surface area contributed by atoms with E-state index >= 15 is 0 Å². The van der Waals surface area contributed by atoms with Gasteiger partial charge in [0.15, 0.2) is 0 Å². The fourth-order valence-electron chi connectivity index (χ4n) is 13.1. The SMILES string of the molecule is c1ccc(C2NC3NC4NC5NC(NC(N2)N35)N(c2ccccc2)C2NC3NC(c5ccccc5)NC5NC(NC(N2)N35)N(c2ccccc2)C2NC3NC(c5ccccc5)NC5NC(NC(N2)N53)N4c2ccccc2)cc1. The number of nitrogens with one attached hydrogen (secondary N) is 18. The van der Waals surface area contributed by atoms with Crippen LogP contribution in [0.1, 0.15) is 35.2 Å². The van der Waals surface area contributed by atoms with E-state index in [1.807, 2.05) is 0 Å². The van der Waals surface area contributed by atoms with E-state index in [0.717, 1.165) is 33.8 Å². The van der Waals surface area contributed by atoms with Crippen molar-refractivity contribution in [2.75, 3.05) is 14.7 Å². The largest absolute Gasteiger partial charge is 0.315 e. The average Bonchev–Trinajstić information content (AvgIpc) is 3.66. The summed E-state index contributed by atoms with van der Waals surface area (Å²) < 4.78 is 0. The maximum absolute atomic E-state index is 4.11. The van der Waals surface area contributed by atoms with Crippen molar-refractivity contribution < 1.29 is 0 Å². The Balaban J connectivity index is 0.869. The Morgan fingerprint density at radius 1 is 0.179 bits per heavy atom. The van der Waals surface area contributed by atoms with Crippen molar-refractivity contribution in [2.45, 2.75) is 113 Å². The lowest BCUT2D eigenvalue weighted by Crippen LogP contribution is -2.95. The van der Waals surface area contributed by atoms with Crippen molar-refractivity contribution in [3.8, 4) is 0 Å². The number of nitrogens with zero attached hydrogens (tertiary/aromatic N) is 6. The second kappa shape index (κ2) is 19.9. The summed E-state index contributed by atoms with van der Waals surface area (Å²) in [5.74, 6) is 0. The van der Waals surface area contributed by atoms with E-state index < -0.39 is 37.7 Å². The zero-order valence-corrected chi connectivity index (χ0v) is 42.4. The summed E-state index contributed by atoms with van der Waals surface area (Å²) in [7, 11) is 0. The molecule has 402 valence electrons. The molecule has 10 heterocycles. The van der Waals surface area contributed by atoms with Crippen LogP contribution in [0.4, 0.5) is 17.1 Å². The minimum atomic E-state index is -0.452. The first kappa shape index (κ1) is 47.8. The van der Waals surface area contributed by atoms with Crippen molar-refractivity contribution in [3.63, 3.8) is 0 Å². The number of hydrogen-bond acceptors (Lipinski definition) is 24. The van der Waals surface area contributed by atoms with Gasteiger partial charge < -0.3 is 14.7 Å². The topological polar surface area (TPSA) is 236 Å². The Morgan fingerprint density at radius 3 is 0.538 bits per heavy atom. The highest BCUT2D eigenvalue weighted by Crippen LogP contribution is 2.34. The van der Waals surface area contributed by atoms with Gasteiger partial charge in [-0.3, -0.25) is 95.7 Å². The van der Waals surface area contributed by atoms with Gasteiger partial charge >= 0.3 is 0 Å². The molecule has 0 amide bonds. The van der Waals surface area contributed by atoms with Gasteiger partial charge in [0.05, 0.1) is 18.5 Å². The average molecular weight is 1050 g/mol. The lowest BCUT2D eigenvalue weighted by molar-refractivity contribution is -0.158. The van der Waals surface area contributed by atoms with Crippen molar-refractivity contribution in [3.05, 3.63) is 199 Å². The Labute approximate surface area is 452 Å². The minimum absolute atomic E-state index is 0.210. The van der Waals surface area contributed by atoms with Gasteiger partial charge in [-0.15, -0.1) is 0 Å². The summed E-state index contributed by atoms with van der Waals surface area (Å²) in [6.45, 7) is 0. The molecule has 0 saturated carbocycles. The van der Waals surface area contributed by atoms with Gasteiger partial charge in [0.1, 0.15) is 94.3 Å². The Morgan fingerprint density at radius 2 is 0.346 bits per heavy atom. The number of benzene rings is 6. The molecule has 0 radical (unpaired) electrons. The molecule has 10 aliphatic heterocycles. The molecule has 6 aromatic carbocycles. The molecule has 0 aliphatic carbocycles. The summed E-state index contributed by atoms with van der Waals surface area (Å²) >= 11 is 0. The van der Waals surface area contributed by atoms with Crippen LogP contribution in [-0.2, 0) is 0 Å². The van der Waals surface area contributed by atoms with E-state index in [0.29, 0.717) is 0 Å². The molecule has 6 aromatic rings. The molecule has 12 atom stereocenters. The standard InChI is InChI=1S/C54H66N24/c1-7-19-31(20-8-1)37-55-40-61-46-67-52-68-47(62-41(56-37)76(40)52)74(35-27-15-5-16-28-35)49-64-43-58-39(33-23-11-3-12-24-33)60-45-66-51(72-54(70-49)78(43)45)75(36-29-17-6-18-30-36)50-65-44-59-38(32-21-9-2-10-22-32)57-42-63-48(69-53(71-50)77(42)44)73(46)34-25-13-4-14-26-34/h1-30,37-72H. The summed E-state index contributed by atoms with van der Waals surface area (Å²) in [5.41, 5.74) is 6.41. The molecule has 24 heteroatoms. The van der Waals surface area contributed by atoms with Gasteiger partial charge in [-0.25, -0.2) is 14.7 Å². The molecule has 12 unspecified atom stereocenters. The van der Waals surface area contributed by atoms with Crippen LogP contribution in [0, 0.1) is 0 Å². The van der Waals surface area contributed by atoms with Gasteiger partial charge in [0, 0.05) is 17.1 Å². The van der Waals surface area contributed by atoms with Crippen molar-refractivity contribution in [1.29, 1.82) is 0 Å². The van der Waals surface area contributed by atoms with E-state index in [1.54, 1.807) is 0 Å². The molecular weight excluding hydrogens is 985 g/mol. The van der Waals surface area contributed by atoms with Gasteiger partial charge in [-0.2, -0.15) is 0 Å². The number of anilines is 3. The highest BCUT2D eigenvalue weighted by molar-refractivity contribution is 5.51. The Hall–Kier alpha value is -6.12. The monoisotopic (exact) mass is 1050 g/mol. The van der Waals surface area contributed by atoms with Crippen molar-refractivity contribution in [2.24, 2.45) is 0 Å². The van der Waals surface area contributed by atoms with E-state index in [9.17, 15) is 0 Å². The molecule has 18 N–H and O–H groups in total. The number of para-hydroxylation sites is 3. The fourth-order valence-corrected chi connectivity index (χ4v) is 13.1. The van der Waals surface area contributed by atoms with E-state index in [4.69, 9.17) is 0 Å². The lowest BCUT2D eigenvalue weighted by atomic mass is 10.1.